The zero-order chi connectivity index (χ0) is 24.6. The molecule has 0 radical (unpaired) electrons. The number of allylic oxidation sites excluding steroid dienone is 1. The van der Waals surface area contributed by atoms with Crippen LogP contribution in [-0.2, 0) is 9.53 Å². The van der Waals surface area contributed by atoms with Gasteiger partial charge in [0, 0.05) is 12.1 Å². The summed E-state index contributed by atoms with van der Waals surface area (Å²) in [6.45, 7) is 3.44. The summed E-state index contributed by atoms with van der Waals surface area (Å²) in [7, 11) is 0. The van der Waals surface area contributed by atoms with Crippen LogP contribution in [0.3, 0.4) is 0 Å². The van der Waals surface area contributed by atoms with E-state index in [9.17, 15) is 19.7 Å². The van der Waals surface area contributed by atoms with Gasteiger partial charge >= 0.3 is 5.97 Å². The lowest BCUT2D eigenvalue weighted by Gasteiger charge is -2.24. The molecule has 3 aromatic rings. The van der Waals surface area contributed by atoms with Gasteiger partial charge in [0.2, 0.25) is 0 Å². The highest BCUT2D eigenvalue weighted by Gasteiger charge is 2.34. The van der Waals surface area contributed by atoms with Gasteiger partial charge in [0.1, 0.15) is 0 Å². The molecule has 2 aromatic carbocycles. The van der Waals surface area contributed by atoms with Crippen LogP contribution in [0.25, 0.3) is 6.08 Å². The molecule has 0 bridgehead atoms. The van der Waals surface area contributed by atoms with Gasteiger partial charge in [0.15, 0.2) is 4.80 Å². The Morgan fingerprint density at radius 1 is 1.26 bits per heavy atom. The zero-order valence-electron chi connectivity index (χ0n) is 18.0. The largest absolute Gasteiger partial charge is 0.463 e. The second-order valence-electron chi connectivity index (χ2n) is 7.33. The Hall–Kier alpha value is -3.27. The third-order valence-electron chi connectivity index (χ3n) is 5.16. The molecule has 1 atom stereocenters. The van der Waals surface area contributed by atoms with Crippen LogP contribution in [0.4, 0.5) is 5.69 Å². The van der Waals surface area contributed by atoms with Gasteiger partial charge in [-0.1, -0.05) is 52.7 Å². The molecule has 2 heterocycles. The summed E-state index contributed by atoms with van der Waals surface area (Å²) in [6, 6.07) is 9.88. The van der Waals surface area contributed by atoms with E-state index in [1.54, 1.807) is 44.2 Å². The molecular formula is C23H17Cl2N3O5S. The highest BCUT2D eigenvalue weighted by Crippen LogP contribution is 2.32. The summed E-state index contributed by atoms with van der Waals surface area (Å²) in [4.78, 5) is 42.1. The number of nitro groups is 1. The van der Waals surface area contributed by atoms with Gasteiger partial charge in [-0.3, -0.25) is 19.5 Å². The van der Waals surface area contributed by atoms with Gasteiger partial charge in [-0.05, 0) is 43.2 Å². The Kier molecular flexibility index (Phi) is 6.70. The first-order valence-corrected chi connectivity index (χ1v) is 11.7. The maximum absolute atomic E-state index is 13.5. The SMILES string of the molecule is CCOC(=O)C1=C(C)N=c2s/c(=C\c3ccc(Cl)c(Cl)c3)c(=O)n2[C@@H]1c1cccc([N+](=O)[O-])c1. The Balaban J connectivity index is 1.97. The Morgan fingerprint density at radius 3 is 2.71 bits per heavy atom. The molecule has 4 rings (SSSR count). The van der Waals surface area contributed by atoms with E-state index >= 15 is 0 Å². The van der Waals surface area contributed by atoms with Crippen molar-refractivity contribution in [1.29, 1.82) is 0 Å². The zero-order valence-corrected chi connectivity index (χ0v) is 20.3. The number of halogens is 2. The maximum atomic E-state index is 13.5. The minimum absolute atomic E-state index is 0.124. The summed E-state index contributed by atoms with van der Waals surface area (Å²) < 4.78 is 6.95. The van der Waals surface area contributed by atoms with Gasteiger partial charge in [-0.2, -0.15) is 0 Å². The number of ether oxygens (including phenoxy) is 1. The average molecular weight is 518 g/mol. The van der Waals surface area contributed by atoms with Crippen LogP contribution in [0.15, 0.2) is 63.5 Å². The molecule has 0 N–H and O–H groups in total. The molecule has 0 fully saturated rings. The van der Waals surface area contributed by atoms with Crippen molar-refractivity contribution in [3.05, 3.63) is 105 Å². The number of non-ortho nitro benzene ring substituents is 1. The quantitative estimate of drug-likeness (QED) is 0.289. The number of carbonyl (C=O) groups excluding carboxylic acids is 1. The minimum atomic E-state index is -0.939. The van der Waals surface area contributed by atoms with E-state index in [0.29, 0.717) is 36.2 Å². The average Bonchev–Trinajstić information content (AvgIpc) is 3.10. The number of fused-ring (bicyclic) bond motifs is 1. The second kappa shape index (κ2) is 9.54. The van der Waals surface area contributed by atoms with Crippen molar-refractivity contribution in [2.75, 3.05) is 6.61 Å². The van der Waals surface area contributed by atoms with Crippen molar-refractivity contribution in [2.24, 2.45) is 4.99 Å². The fourth-order valence-corrected chi connectivity index (χ4v) is 5.02. The normalized spacial score (nSPS) is 15.6. The van der Waals surface area contributed by atoms with Crippen molar-refractivity contribution in [2.45, 2.75) is 19.9 Å². The van der Waals surface area contributed by atoms with E-state index in [1.807, 2.05) is 0 Å². The highest BCUT2D eigenvalue weighted by atomic mass is 35.5. The topological polar surface area (TPSA) is 104 Å². The van der Waals surface area contributed by atoms with Crippen molar-refractivity contribution >= 4 is 52.3 Å². The summed E-state index contributed by atoms with van der Waals surface area (Å²) >= 11 is 13.2. The second-order valence-corrected chi connectivity index (χ2v) is 9.15. The van der Waals surface area contributed by atoms with Crippen LogP contribution in [-0.4, -0.2) is 22.1 Å². The van der Waals surface area contributed by atoms with Crippen LogP contribution in [0.2, 0.25) is 10.0 Å². The molecule has 0 amide bonds. The van der Waals surface area contributed by atoms with Crippen LogP contribution >= 0.6 is 34.5 Å². The molecule has 34 heavy (non-hydrogen) atoms. The van der Waals surface area contributed by atoms with Gasteiger partial charge in [0.25, 0.3) is 11.2 Å². The van der Waals surface area contributed by atoms with Crippen LogP contribution < -0.4 is 14.9 Å². The lowest BCUT2D eigenvalue weighted by molar-refractivity contribution is -0.384. The molecule has 0 spiro atoms. The highest BCUT2D eigenvalue weighted by molar-refractivity contribution is 7.07. The molecule has 0 unspecified atom stereocenters. The first-order valence-electron chi connectivity index (χ1n) is 10.1. The molecule has 0 saturated carbocycles. The van der Waals surface area contributed by atoms with Crippen molar-refractivity contribution < 1.29 is 14.5 Å². The third-order valence-corrected chi connectivity index (χ3v) is 6.88. The molecular weight excluding hydrogens is 501 g/mol. The standard InChI is InChI=1S/C23H17Cl2N3O5S/c1-3-33-22(30)19-12(2)26-23-27(20(19)14-5-4-6-15(11-14)28(31)32)21(29)18(34-23)10-13-7-8-16(24)17(25)9-13/h4-11,20H,3H2,1-2H3/b18-10-/t20-/m1/s1. The van der Waals surface area contributed by atoms with Gasteiger partial charge in [0.05, 0.1) is 43.4 Å². The third kappa shape index (κ3) is 4.42. The molecule has 1 aromatic heterocycles. The predicted molar refractivity (Wildman–Crippen MR) is 130 cm³/mol. The molecule has 174 valence electrons. The Morgan fingerprint density at radius 2 is 2.03 bits per heavy atom. The molecule has 8 nitrogen and oxygen atoms in total. The monoisotopic (exact) mass is 517 g/mol. The number of nitrogens with zero attached hydrogens (tertiary/aromatic N) is 3. The van der Waals surface area contributed by atoms with Crippen LogP contribution in [0.5, 0.6) is 0 Å². The van der Waals surface area contributed by atoms with Gasteiger partial charge in [-0.15, -0.1) is 0 Å². The number of benzene rings is 2. The smallest absolute Gasteiger partial charge is 0.338 e. The number of hydrogen-bond donors (Lipinski definition) is 0. The van der Waals surface area contributed by atoms with E-state index in [2.05, 4.69) is 4.99 Å². The predicted octanol–water partition coefficient (Wildman–Crippen LogP) is 4.01. The fraction of sp³-hybridized carbons (Fsp3) is 0.174. The number of hydrogen-bond acceptors (Lipinski definition) is 7. The number of aromatic nitrogens is 1. The lowest BCUT2D eigenvalue weighted by Crippen LogP contribution is -2.40. The minimum Gasteiger partial charge on any atom is -0.463 e. The van der Waals surface area contributed by atoms with Gasteiger partial charge in [-0.25, -0.2) is 9.79 Å². The van der Waals surface area contributed by atoms with Gasteiger partial charge < -0.3 is 4.74 Å². The van der Waals surface area contributed by atoms with E-state index < -0.39 is 22.5 Å². The summed E-state index contributed by atoms with van der Waals surface area (Å²) in [6.07, 6.45) is 1.65. The number of thiazole rings is 1. The number of esters is 1. The summed E-state index contributed by atoms with van der Waals surface area (Å²) in [5, 5.41) is 12.1. The molecule has 0 saturated heterocycles. The van der Waals surface area contributed by atoms with E-state index in [4.69, 9.17) is 27.9 Å². The fourth-order valence-electron chi connectivity index (χ4n) is 3.67. The van der Waals surface area contributed by atoms with Crippen molar-refractivity contribution in [3.63, 3.8) is 0 Å². The Labute approximate surface area is 207 Å². The van der Waals surface area contributed by atoms with E-state index in [-0.39, 0.29) is 17.9 Å². The van der Waals surface area contributed by atoms with Crippen LogP contribution in [0, 0.1) is 10.1 Å². The lowest BCUT2D eigenvalue weighted by atomic mass is 9.95. The van der Waals surface area contributed by atoms with E-state index in [1.165, 1.54) is 22.8 Å². The summed E-state index contributed by atoms with van der Waals surface area (Å²) in [5.41, 5.74) is 1.02. The van der Waals surface area contributed by atoms with E-state index in [0.717, 1.165) is 11.3 Å². The first-order chi connectivity index (χ1) is 16.2. The maximum Gasteiger partial charge on any atom is 0.338 e. The van der Waals surface area contributed by atoms with Crippen molar-refractivity contribution in [1.82, 2.24) is 4.57 Å². The first kappa shape index (κ1) is 23.9. The Bertz CT molecular complexity index is 1540. The van der Waals surface area contributed by atoms with Crippen LogP contribution in [0.1, 0.15) is 31.0 Å². The number of carbonyl (C=O) groups is 1. The molecule has 1 aliphatic rings. The molecule has 0 aliphatic carbocycles. The number of nitro benzene ring substituents is 1. The van der Waals surface area contributed by atoms with Crippen molar-refractivity contribution in [3.8, 4) is 0 Å². The molecule has 11 heteroatoms. The number of rotatable bonds is 5. The molecule has 1 aliphatic heterocycles. The summed E-state index contributed by atoms with van der Waals surface area (Å²) in [5.74, 6) is -0.640.